The first kappa shape index (κ1) is 17.4. The van der Waals surface area contributed by atoms with Gasteiger partial charge < -0.3 is 10.1 Å². The van der Waals surface area contributed by atoms with Crippen LogP contribution < -0.4 is 0 Å². The Morgan fingerprint density at radius 2 is 1.96 bits per heavy atom. The topological polar surface area (TPSA) is 96.2 Å². The third-order valence-corrected chi connectivity index (χ3v) is 3.46. The molecule has 3 aromatic heterocycles. The molecule has 0 atom stereocenters. The number of aromatic nitrogens is 5. The van der Waals surface area contributed by atoms with E-state index in [1.54, 1.807) is 6.20 Å². The molecular formula is C16H12F3N5O2. The minimum atomic E-state index is -5.08. The monoisotopic (exact) mass is 363 g/mol. The molecule has 0 bridgehead atoms. The van der Waals surface area contributed by atoms with E-state index in [9.17, 15) is 13.2 Å². The van der Waals surface area contributed by atoms with Gasteiger partial charge in [-0.15, -0.1) is 10.2 Å². The van der Waals surface area contributed by atoms with Crippen LogP contribution in [-0.2, 0) is 4.79 Å². The molecule has 3 heterocycles. The van der Waals surface area contributed by atoms with Crippen LogP contribution in [0.1, 0.15) is 5.56 Å². The number of carboxylic acid groups (broad SMARTS) is 1. The van der Waals surface area contributed by atoms with Crippen molar-refractivity contribution in [3.05, 3.63) is 48.3 Å². The van der Waals surface area contributed by atoms with Gasteiger partial charge in [0.25, 0.3) is 0 Å². The van der Waals surface area contributed by atoms with Gasteiger partial charge >= 0.3 is 12.1 Å². The second-order valence-corrected chi connectivity index (χ2v) is 5.36. The number of H-pyrrole nitrogens is 1. The molecule has 1 aromatic carbocycles. The lowest BCUT2D eigenvalue weighted by Gasteiger charge is -2.02. The maximum atomic E-state index is 10.6. The van der Waals surface area contributed by atoms with Crippen molar-refractivity contribution in [2.24, 2.45) is 0 Å². The summed E-state index contributed by atoms with van der Waals surface area (Å²) in [6.45, 7) is 2.07. The van der Waals surface area contributed by atoms with E-state index in [2.05, 4.69) is 39.2 Å². The minimum absolute atomic E-state index is 0.753. The Morgan fingerprint density at radius 1 is 1.23 bits per heavy atom. The SMILES string of the molecule is Cc1cccc(-c2nnc3cnc4[nH]ccc4n23)c1.O=C(O)C(F)(F)F. The first-order valence-electron chi connectivity index (χ1n) is 7.32. The van der Waals surface area contributed by atoms with Gasteiger partial charge in [-0.3, -0.25) is 4.40 Å². The third kappa shape index (κ3) is 3.34. The van der Waals surface area contributed by atoms with E-state index in [0.29, 0.717) is 0 Å². The molecule has 0 fully saturated rings. The number of aromatic amines is 1. The highest BCUT2D eigenvalue weighted by molar-refractivity contribution is 5.77. The van der Waals surface area contributed by atoms with Gasteiger partial charge in [0.1, 0.15) is 0 Å². The maximum absolute atomic E-state index is 10.6. The number of alkyl halides is 3. The summed E-state index contributed by atoms with van der Waals surface area (Å²) in [7, 11) is 0. The number of rotatable bonds is 1. The summed E-state index contributed by atoms with van der Waals surface area (Å²) in [5.41, 5.74) is 4.83. The molecule has 0 amide bonds. The fourth-order valence-electron chi connectivity index (χ4n) is 2.35. The first-order chi connectivity index (χ1) is 12.3. The number of fused-ring (bicyclic) bond motifs is 3. The lowest BCUT2D eigenvalue weighted by molar-refractivity contribution is -0.192. The highest BCUT2D eigenvalue weighted by atomic mass is 19.4. The average molecular weight is 363 g/mol. The summed E-state index contributed by atoms with van der Waals surface area (Å²) in [4.78, 5) is 16.3. The maximum Gasteiger partial charge on any atom is 0.490 e. The number of benzene rings is 1. The number of aliphatic carboxylic acids is 1. The Kier molecular flexibility index (Phi) is 4.33. The molecule has 10 heteroatoms. The van der Waals surface area contributed by atoms with Gasteiger partial charge in [0.05, 0.1) is 11.7 Å². The van der Waals surface area contributed by atoms with Gasteiger partial charge in [0.2, 0.25) is 0 Å². The van der Waals surface area contributed by atoms with E-state index >= 15 is 0 Å². The number of halogens is 3. The predicted octanol–water partition coefficient (Wildman–Crippen LogP) is 3.21. The predicted molar refractivity (Wildman–Crippen MR) is 86.5 cm³/mol. The number of aryl methyl sites for hydroxylation is 1. The number of hydrogen-bond donors (Lipinski definition) is 2. The van der Waals surface area contributed by atoms with Crippen molar-refractivity contribution >= 4 is 22.8 Å². The zero-order valence-electron chi connectivity index (χ0n) is 13.3. The molecule has 0 aliphatic carbocycles. The molecule has 134 valence electrons. The van der Waals surface area contributed by atoms with Gasteiger partial charge in [-0.2, -0.15) is 13.2 Å². The molecule has 0 aliphatic heterocycles. The number of nitrogens with zero attached hydrogens (tertiary/aromatic N) is 4. The summed E-state index contributed by atoms with van der Waals surface area (Å²) < 4.78 is 33.8. The summed E-state index contributed by atoms with van der Waals surface area (Å²) in [5, 5.41) is 15.6. The van der Waals surface area contributed by atoms with Gasteiger partial charge in [0, 0.05) is 11.8 Å². The Morgan fingerprint density at radius 3 is 2.62 bits per heavy atom. The molecule has 0 aliphatic rings. The first-order valence-corrected chi connectivity index (χ1v) is 7.32. The second-order valence-electron chi connectivity index (χ2n) is 5.36. The summed E-state index contributed by atoms with van der Waals surface area (Å²) in [6, 6.07) is 10.2. The highest BCUT2D eigenvalue weighted by Gasteiger charge is 2.38. The van der Waals surface area contributed by atoms with Crippen molar-refractivity contribution in [2.45, 2.75) is 13.1 Å². The van der Waals surface area contributed by atoms with Crippen molar-refractivity contribution in [1.82, 2.24) is 24.6 Å². The van der Waals surface area contributed by atoms with Crippen molar-refractivity contribution in [1.29, 1.82) is 0 Å². The second kappa shape index (κ2) is 6.47. The lowest BCUT2D eigenvalue weighted by atomic mass is 10.1. The van der Waals surface area contributed by atoms with Gasteiger partial charge in [-0.25, -0.2) is 9.78 Å². The van der Waals surface area contributed by atoms with Crippen LogP contribution in [0.3, 0.4) is 0 Å². The smallest absolute Gasteiger partial charge is 0.475 e. The van der Waals surface area contributed by atoms with E-state index in [4.69, 9.17) is 9.90 Å². The van der Waals surface area contributed by atoms with Crippen LogP contribution in [-0.4, -0.2) is 41.8 Å². The van der Waals surface area contributed by atoms with E-state index < -0.39 is 12.1 Å². The van der Waals surface area contributed by atoms with Crippen LogP contribution >= 0.6 is 0 Å². The lowest BCUT2D eigenvalue weighted by Crippen LogP contribution is -2.21. The molecule has 0 saturated heterocycles. The molecule has 0 unspecified atom stereocenters. The normalized spacial score (nSPS) is 11.4. The van der Waals surface area contributed by atoms with Crippen LogP contribution in [0.5, 0.6) is 0 Å². The Labute approximate surface area is 144 Å². The average Bonchev–Trinajstić information content (AvgIpc) is 3.20. The number of hydrogen-bond acceptors (Lipinski definition) is 4. The molecule has 2 N–H and O–H groups in total. The van der Waals surface area contributed by atoms with Crippen molar-refractivity contribution in [3.63, 3.8) is 0 Å². The van der Waals surface area contributed by atoms with Crippen molar-refractivity contribution < 1.29 is 23.1 Å². The van der Waals surface area contributed by atoms with Crippen LogP contribution in [0.15, 0.2) is 42.7 Å². The van der Waals surface area contributed by atoms with Gasteiger partial charge in [-0.05, 0) is 19.1 Å². The van der Waals surface area contributed by atoms with Gasteiger partial charge in [0.15, 0.2) is 17.1 Å². The fraction of sp³-hybridized carbons (Fsp3) is 0.125. The Balaban J connectivity index is 0.000000242. The fourth-order valence-corrected chi connectivity index (χ4v) is 2.35. The number of carbonyl (C=O) groups is 1. The quantitative estimate of drug-likeness (QED) is 0.541. The van der Waals surface area contributed by atoms with E-state index in [1.807, 2.05) is 28.8 Å². The highest BCUT2D eigenvalue weighted by Crippen LogP contribution is 2.22. The summed E-state index contributed by atoms with van der Waals surface area (Å²) >= 11 is 0. The van der Waals surface area contributed by atoms with Crippen LogP contribution in [0, 0.1) is 6.92 Å². The zero-order valence-corrected chi connectivity index (χ0v) is 13.3. The zero-order chi connectivity index (χ0) is 18.9. The van der Waals surface area contributed by atoms with Crippen molar-refractivity contribution in [3.8, 4) is 11.4 Å². The molecule has 26 heavy (non-hydrogen) atoms. The largest absolute Gasteiger partial charge is 0.490 e. The minimum Gasteiger partial charge on any atom is -0.475 e. The number of carboxylic acids is 1. The Hall–Kier alpha value is -3.43. The van der Waals surface area contributed by atoms with E-state index in [-0.39, 0.29) is 0 Å². The van der Waals surface area contributed by atoms with Crippen LogP contribution in [0.4, 0.5) is 13.2 Å². The number of nitrogens with one attached hydrogen (secondary N) is 1. The molecule has 0 saturated carbocycles. The Bertz CT molecular complexity index is 1080. The molecule has 4 aromatic rings. The molecule has 0 radical (unpaired) electrons. The molecule has 0 spiro atoms. The van der Waals surface area contributed by atoms with Crippen LogP contribution in [0.2, 0.25) is 0 Å². The summed E-state index contributed by atoms with van der Waals surface area (Å²) in [5.74, 6) is -1.92. The molecule has 7 nitrogen and oxygen atoms in total. The van der Waals surface area contributed by atoms with Gasteiger partial charge in [-0.1, -0.05) is 23.8 Å². The van der Waals surface area contributed by atoms with Crippen molar-refractivity contribution in [2.75, 3.05) is 0 Å². The van der Waals surface area contributed by atoms with Crippen LogP contribution in [0.25, 0.3) is 28.2 Å². The van der Waals surface area contributed by atoms with E-state index in [1.165, 1.54) is 5.56 Å². The third-order valence-electron chi connectivity index (χ3n) is 3.46. The molecular weight excluding hydrogens is 351 g/mol. The standard InChI is InChI=1S/C14H11N5.C2HF3O2/c1-9-3-2-4-10(7-9)14-18-17-12-8-16-13-11(19(12)14)5-6-15-13;3-2(4,5)1(6)7/h2-8,15H,1H3;(H,6,7). The summed E-state index contributed by atoms with van der Waals surface area (Å²) in [6.07, 6.45) is -1.48. The van der Waals surface area contributed by atoms with E-state index in [0.717, 1.165) is 28.2 Å². The molecule has 4 rings (SSSR count).